The second-order valence-electron chi connectivity index (χ2n) is 6.67. The maximum Gasteiger partial charge on any atom is 0.573 e. The van der Waals surface area contributed by atoms with Crippen molar-refractivity contribution < 1.29 is 26.3 Å². The molecule has 7 nitrogen and oxygen atoms in total. The molecule has 0 fully saturated rings. The first-order valence-corrected chi connectivity index (χ1v) is 11.1. The lowest BCUT2D eigenvalue weighted by Gasteiger charge is -2.14. The molecule has 0 spiro atoms. The van der Waals surface area contributed by atoms with Crippen molar-refractivity contribution in [3.8, 4) is 5.75 Å². The van der Waals surface area contributed by atoms with E-state index in [0.29, 0.717) is 21.7 Å². The summed E-state index contributed by atoms with van der Waals surface area (Å²) in [5.74, 6) is -0.448. The van der Waals surface area contributed by atoms with Crippen molar-refractivity contribution in [3.63, 3.8) is 0 Å². The minimum Gasteiger partial charge on any atom is -0.406 e. The van der Waals surface area contributed by atoms with Crippen LogP contribution in [0.1, 0.15) is 0 Å². The van der Waals surface area contributed by atoms with E-state index in [1.807, 2.05) is 0 Å². The van der Waals surface area contributed by atoms with Gasteiger partial charge in [-0.05, 0) is 60.7 Å². The molecule has 0 unspecified atom stereocenters. The second-order valence-corrected chi connectivity index (χ2v) is 8.78. The molecule has 0 saturated carbocycles. The Labute approximate surface area is 191 Å². The van der Waals surface area contributed by atoms with Crippen LogP contribution in [0.3, 0.4) is 0 Å². The van der Waals surface area contributed by atoms with Gasteiger partial charge in [-0.2, -0.15) is 0 Å². The fourth-order valence-corrected chi connectivity index (χ4v) is 3.97. The van der Waals surface area contributed by atoms with Gasteiger partial charge in [0.05, 0.1) is 15.9 Å². The van der Waals surface area contributed by atoms with E-state index in [4.69, 9.17) is 11.6 Å². The molecule has 0 saturated heterocycles. The number of anilines is 3. The maximum atomic E-state index is 12.9. The summed E-state index contributed by atoms with van der Waals surface area (Å²) in [6.07, 6.45) is -4.81. The summed E-state index contributed by atoms with van der Waals surface area (Å²) in [6, 6.07) is 17.2. The molecule has 33 heavy (non-hydrogen) atoms. The highest BCUT2D eigenvalue weighted by Gasteiger charge is 2.31. The predicted octanol–water partition coefficient (Wildman–Crippen LogP) is 5.73. The van der Waals surface area contributed by atoms with Gasteiger partial charge < -0.3 is 10.1 Å². The van der Waals surface area contributed by atoms with Gasteiger partial charge in [0.25, 0.3) is 10.0 Å². The molecule has 0 aliphatic heterocycles. The molecular formula is C21H14ClF3N4O3S. The Balaban J connectivity index is 1.68. The number of hydrogen-bond donors (Lipinski definition) is 2. The molecule has 1 aromatic heterocycles. The van der Waals surface area contributed by atoms with E-state index >= 15 is 0 Å². The normalized spacial score (nSPS) is 11.9. The zero-order valence-corrected chi connectivity index (χ0v) is 18.0. The lowest BCUT2D eigenvalue weighted by Crippen LogP contribution is -2.17. The van der Waals surface area contributed by atoms with Crippen molar-refractivity contribution in [2.75, 3.05) is 10.0 Å². The summed E-state index contributed by atoms with van der Waals surface area (Å²) in [5.41, 5.74) is 1.25. The molecule has 0 atom stereocenters. The van der Waals surface area contributed by atoms with Crippen LogP contribution >= 0.6 is 11.6 Å². The summed E-state index contributed by atoms with van der Waals surface area (Å²) in [4.78, 5) is 8.72. The van der Waals surface area contributed by atoms with Crippen LogP contribution in [0, 0.1) is 0 Å². The smallest absolute Gasteiger partial charge is 0.406 e. The number of nitrogens with one attached hydrogen (secondary N) is 2. The van der Waals surface area contributed by atoms with Gasteiger partial charge in [0.15, 0.2) is 11.6 Å². The lowest BCUT2D eigenvalue weighted by atomic mass is 10.3. The molecular weight excluding hydrogens is 481 g/mol. The molecule has 0 bridgehead atoms. The highest BCUT2D eigenvalue weighted by molar-refractivity contribution is 7.92. The third-order valence-electron chi connectivity index (χ3n) is 4.28. The zero-order chi connectivity index (χ0) is 23.6. The van der Waals surface area contributed by atoms with E-state index in [9.17, 15) is 21.6 Å². The SMILES string of the molecule is O=S(=O)(Nc1nc2ccccc2nc1Nc1ccc(OC(F)(F)F)cc1)c1ccc(Cl)cc1. The monoisotopic (exact) mass is 494 g/mol. The number of para-hydroxylation sites is 2. The van der Waals surface area contributed by atoms with Crippen LogP contribution in [0.5, 0.6) is 5.75 Å². The number of aromatic nitrogens is 2. The van der Waals surface area contributed by atoms with E-state index in [1.165, 1.54) is 36.4 Å². The Morgan fingerprint density at radius 3 is 1.97 bits per heavy atom. The number of ether oxygens (including phenoxy) is 1. The minimum absolute atomic E-state index is 0.0403. The third-order valence-corrected chi connectivity index (χ3v) is 5.88. The maximum absolute atomic E-state index is 12.9. The van der Waals surface area contributed by atoms with Crippen LogP contribution in [0.15, 0.2) is 77.7 Å². The average Bonchev–Trinajstić information content (AvgIpc) is 2.74. The number of sulfonamides is 1. The van der Waals surface area contributed by atoms with Gasteiger partial charge in [0, 0.05) is 10.7 Å². The van der Waals surface area contributed by atoms with E-state index < -0.39 is 22.1 Å². The van der Waals surface area contributed by atoms with Crippen molar-refractivity contribution in [2.45, 2.75) is 11.3 Å². The van der Waals surface area contributed by atoms with Crippen molar-refractivity contribution in [1.29, 1.82) is 0 Å². The first kappa shape index (κ1) is 22.6. The van der Waals surface area contributed by atoms with Crippen molar-refractivity contribution >= 4 is 50.0 Å². The van der Waals surface area contributed by atoms with Crippen LogP contribution < -0.4 is 14.8 Å². The van der Waals surface area contributed by atoms with Gasteiger partial charge in [-0.1, -0.05) is 23.7 Å². The number of halogens is 4. The highest BCUT2D eigenvalue weighted by Crippen LogP contribution is 2.29. The van der Waals surface area contributed by atoms with Gasteiger partial charge in [0.1, 0.15) is 5.75 Å². The summed E-state index contributed by atoms with van der Waals surface area (Å²) < 4.78 is 69.1. The van der Waals surface area contributed by atoms with E-state index in [-0.39, 0.29) is 16.5 Å². The van der Waals surface area contributed by atoms with Crippen LogP contribution in [-0.2, 0) is 10.0 Å². The molecule has 3 aromatic carbocycles. The molecule has 1 heterocycles. The Bertz CT molecular complexity index is 1400. The average molecular weight is 495 g/mol. The fourth-order valence-electron chi connectivity index (χ4n) is 2.83. The quantitative estimate of drug-likeness (QED) is 0.356. The number of nitrogens with zero attached hydrogens (tertiary/aromatic N) is 2. The molecule has 0 aliphatic carbocycles. The van der Waals surface area contributed by atoms with Crippen molar-refractivity contribution in [3.05, 3.63) is 77.8 Å². The second kappa shape index (κ2) is 8.75. The van der Waals surface area contributed by atoms with Gasteiger partial charge in [0.2, 0.25) is 0 Å². The first-order chi connectivity index (χ1) is 15.6. The van der Waals surface area contributed by atoms with Gasteiger partial charge >= 0.3 is 6.36 Å². The number of hydrogen-bond acceptors (Lipinski definition) is 6. The van der Waals surface area contributed by atoms with Crippen LogP contribution in [-0.4, -0.2) is 24.7 Å². The topological polar surface area (TPSA) is 93.2 Å². The van der Waals surface area contributed by atoms with E-state index in [1.54, 1.807) is 24.3 Å². The molecule has 4 rings (SSSR count). The van der Waals surface area contributed by atoms with E-state index in [2.05, 4.69) is 24.7 Å². The van der Waals surface area contributed by atoms with Gasteiger partial charge in [-0.15, -0.1) is 13.2 Å². The first-order valence-electron chi connectivity index (χ1n) is 9.27. The summed E-state index contributed by atoms with van der Waals surface area (Å²) in [5, 5.41) is 3.25. The van der Waals surface area contributed by atoms with Crippen LogP contribution in [0.2, 0.25) is 5.02 Å². The number of alkyl halides is 3. The highest BCUT2D eigenvalue weighted by atomic mass is 35.5. The van der Waals surface area contributed by atoms with Crippen LogP contribution in [0.25, 0.3) is 11.0 Å². The molecule has 0 aliphatic rings. The standard InChI is InChI=1S/C21H14ClF3N4O3S/c22-13-5-11-16(12-6-13)33(30,31)29-20-19(27-17-3-1-2-4-18(17)28-20)26-14-7-9-15(10-8-14)32-21(23,24)25/h1-12H,(H,26,27)(H,28,29). The summed E-state index contributed by atoms with van der Waals surface area (Å²) >= 11 is 5.83. The third kappa shape index (κ3) is 5.62. The Kier molecular flexibility index (Phi) is 6.00. The molecule has 12 heteroatoms. The Morgan fingerprint density at radius 1 is 0.818 bits per heavy atom. The predicted molar refractivity (Wildman–Crippen MR) is 118 cm³/mol. The van der Waals surface area contributed by atoms with Crippen LogP contribution in [0.4, 0.5) is 30.5 Å². The largest absolute Gasteiger partial charge is 0.573 e. The minimum atomic E-state index is -4.81. The Morgan fingerprint density at radius 2 is 1.39 bits per heavy atom. The lowest BCUT2D eigenvalue weighted by molar-refractivity contribution is -0.274. The van der Waals surface area contributed by atoms with Crippen molar-refractivity contribution in [2.24, 2.45) is 0 Å². The van der Waals surface area contributed by atoms with Crippen molar-refractivity contribution in [1.82, 2.24) is 9.97 Å². The number of fused-ring (bicyclic) bond motifs is 1. The molecule has 2 N–H and O–H groups in total. The molecule has 170 valence electrons. The van der Waals surface area contributed by atoms with E-state index in [0.717, 1.165) is 12.1 Å². The number of rotatable bonds is 6. The zero-order valence-electron chi connectivity index (χ0n) is 16.5. The Hall–Kier alpha value is -3.57. The molecule has 0 radical (unpaired) electrons. The molecule has 4 aromatic rings. The van der Waals surface area contributed by atoms with Gasteiger partial charge in [-0.25, -0.2) is 18.4 Å². The summed E-state index contributed by atoms with van der Waals surface area (Å²) in [7, 11) is -4.04. The summed E-state index contributed by atoms with van der Waals surface area (Å²) in [6.45, 7) is 0. The molecule has 0 amide bonds. The van der Waals surface area contributed by atoms with Gasteiger partial charge in [-0.3, -0.25) is 4.72 Å². The number of benzene rings is 3. The fraction of sp³-hybridized carbons (Fsp3) is 0.0476.